The molecular formula is C17H16N2O2. The molecule has 0 spiro atoms. The van der Waals surface area contributed by atoms with Crippen molar-refractivity contribution in [1.29, 1.82) is 0 Å². The van der Waals surface area contributed by atoms with Crippen LogP contribution in [0.3, 0.4) is 0 Å². The highest BCUT2D eigenvalue weighted by Gasteiger charge is 2.06. The van der Waals surface area contributed by atoms with Gasteiger partial charge in [-0.1, -0.05) is 18.2 Å². The molecule has 3 rings (SSSR count). The number of benzene rings is 2. The van der Waals surface area contributed by atoms with Crippen LogP contribution in [0, 0.1) is 0 Å². The molecule has 2 aromatic carbocycles. The first-order valence-electron chi connectivity index (χ1n) is 6.67. The van der Waals surface area contributed by atoms with E-state index in [4.69, 9.17) is 15.2 Å². The van der Waals surface area contributed by atoms with Crippen LogP contribution in [0.25, 0.3) is 10.9 Å². The Balaban J connectivity index is 1.96. The third-order valence-corrected chi connectivity index (χ3v) is 3.14. The summed E-state index contributed by atoms with van der Waals surface area (Å²) in [6.07, 6.45) is 0. The topological polar surface area (TPSA) is 57.4 Å². The normalized spacial score (nSPS) is 10.7. The van der Waals surface area contributed by atoms with E-state index in [0.717, 1.165) is 28.1 Å². The van der Waals surface area contributed by atoms with Crippen molar-refractivity contribution in [3.05, 3.63) is 60.3 Å². The van der Waals surface area contributed by atoms with E-state index in [9.17, 15) is 0 Å². The summed E-state index contributed by atoms with van der Waals surface area (Å²) in [6, 6.07) is 17.2. The highest BCUT2D eigenvalue weighted by Crippen LogP contribution is 2.28. The number of methoxy groups -OCH3 is 1. The molecular weight excluding hydrogens is 264 g/mol. The minimum absolute atomic E-state index is 0.447. The number of para-hydroxylation sites is 1. The summed E-state index contributed by atoms with van der Waals surface area (Å²) in [6.45, 7) is 0.447. The van der Waals surface area contributed by atoms with E-state index in [1.165, 1.54) is 0 Å². The molecule has 0 atom stereocenters. The first kappa shape index (κ1) is 13.4. The number of ether oxygens (including phenoxy) is 2. The summed E-state index contributed by atoms with van der Waals surface area (Å²) in [7, 11) is 1.64. The highest BCUT2D eigenvalue weighted by molar-refractivity contribution is 5.91. The van der Waals surface area contributed by atoms with Crippen LogP contribution in [0.2, 0.25) is 0 Å². The average molecular weight is 280 g/mol. The Morgan fingerprint density at radius 1 is 1.00 bits per heavy atom. The SMILES string of the molecule is COCc1cc(N)c2cc(Oc3ccccc3)ccc2n1. The Labute approximate surface area is 123 Å². The van der Waals surface area contributed by atoms with E-state index < -0.39 is 0 Å². The predicted octanol–water partition coefficient (Wildman–Crippen LogP) is 3.76. The molecule has 3 aromatic rings. The van der Waals surface area contributed by atoms with Gasteiger partial charge in [0, 0.05) is 18.2 Å². The average Bonchev–Trinajstić information content (AvgIpc) is 2.49. The number of hydrogen-bond donors (Lipinski definition) is 1. The van der Waals surface area contributed by atoms with E-state index in [1.807, 2.05) is 54.6 Å². The number of rotatable bonds is 4. The van der Waals surface area contributed by atoms with Gasteiger partial charge in [0.1, 0.15) is 11.5 Å². The quantitative estimate of drug-likeness (QED) is 0.790. The number of nitrogens with zero attached hydrogens (tertiary/aromatic N) is 1. The van der Waals surface area contributed by atoms with Crippen LogP contribution in [0.4, 0.5) is 5.69 Å². The zero-order chi connectivity index (χ0) is 14.7. The largest absolute Gasteiger partial charge is 0.457 e. The lowest BCUT2D eigenvalue weighted by Crippen LogP contribution is -1.97. The lowest BCUT2D eigenvalue weighted by Gasteiger charge is -2.09. The Morgan fingerprint density at radius 2 is 1.81 bits per heavy atom. The summed E-state index contributed by atoms with van der Waals surface area (Å²) in [5.41, 5.74) is 8.42. The molecule has 0 saturated heterocycles. The molecule has 1 aromatic heterocycles. The van der Waals surface area contributed by atoms with Gasteiger partial charge in [0.15, 0.2) is 0 Å². The van der Waals surface area contributed by atoms with Gasteiger partial charge in [0.2, 0.25) is 0 Å². The third kappa shape index (κ3) is 2.95. The van der Waals surface area contributed by atoms with Crippen LogP contribution < -0.4 is 10.5 Å². The minimum atomic E-state index is 0.447. The maximum Gasteiger partial charge on any atom is 0.128 e. The van der Waals surface area contributed by atoms with E-state index in [0.29, 0.717) is 12.3 Å². The predicted molar refractivity (Wildman–Crippen MR) is 83.4 cm³/mol. The number of nitrogens with two attached hydrogens (primary N) is 1. The fourth-order valence-electron chi connectivity index (χ4n) is 2.20. The molecule has 0 unspecified atom stereocenters. The van der Waals surface area contributed by atoms with Crippen LogP contribution in [-0.2, 0) is 11.3 Å². The molecule has 0 radical (unpaired) electrons. The van der Waals surface area contributed by atoms with Gasteiger partial charge >= 0.3 is 0 Å². The number of anilines is 1. The minimum Gasteiger partial charge on any atom is -0.457 e. The van der Waals surface area contributed by atoms with Crippen LogP contribution in [0.1, 0.15) is 5.69 Å². The molecule has 4 nitrogen and oxygen atoms in total. The van der Waals surface area contributed by atoms with Gasteiger partial charge in [-0.2, -0.15) is 0 Å². The first-order chi connectivity index (χ1) is 10.3. The zero-order valence-electron chi connectivity index (χ0n) is 11.7. The highest BCUT2D eigenvalue weighted by atomic mass is 16.5. The van der Waals surface area contributed by atoms with E-state index >= 15 is 0 Å². The van der Waals surface area contributed by atoms with Gasteiger partial charge < -0.3 is 15.2 Å². The number of fused-ring (bicyclic) bond motifs is 1. The molecule has 106 valence electrons. The van der Waals surface area contributed by atoms with Crippen molar-refractivity contribution < 1.29 is 9.47 Å². The number of nitrogen functional groups attached to an aromatic ring is 1. The Bertz CT molecular complexity index is 757. The molecule has 0 aliphatic carbocycles. The molecule has 0 saturated carbocycles. The smallest absolute Gasteiger partial charge is 0.128 e. The molecule has 0 aliphatic rings. The van der Waals surface area contributed by atoms with Crippen molar-refractivity contribution in [1.82, 2.24) is 4.98 Å². The summed E-state index contributed by atoms with van der Waals surface area (Å²) < 4.78 is 10.9. The number of hydrogen-bond acceptors (Lipinski definition) is 4. The zero-order valence-corrected chi connectivity index (χ0v) is 11.7. The van der Waals surface area contributed by atoms with Gasteiger partial charge in [-0.3, -0.25) is 4.98 Å². The van der Waals surface area contributed by atoms with Crippen molar-refractivity contribution in [2.24, 2.45) is 0 Å². The van der Waals surface area contributed by atoms with Crippen molar-refractivity contribution in [3.8, 4) is 11.5 Å². The Morgan fingerprint density at radius 3 is 2.57 bits per heavy atom. The van der Waals surface area contributed by atoms with Crippen molar-refractivity contribution in [2.75, 3.05) is 12.8 Å². The first-order valence-corrected chi connectivity index (χ1v) is 6.67. The van der Waals surface area contributed by atoms with Crippen molar-refractivity contribution >= 4 is 16.6 Å². The molecule has 0 bridgehead atoms. The van der Waals surface area contributed by atoms with Gasteiger partial charge in [0.05, 0.1) is 17.8 Å². The second-order valence-corrected chi connectivity index (χ2v) is 4.73. The molecule has 4 heteroatoms. The monoisotopic (exact) mass is 280 g/mol. The Kier molecular flexibility index (Phi) is 3.71. The van der Waals surface area contributed by atoms with Gasteiger partial charge in [-0.05, 0) is 36.4 Å². The second kappa shape index (κ2) is 5.81. The summed E-state index contributed by atoms with van der Waals surface area (Å²) in [5.74, 6) is 1.53. The molecule has 0 aliphatic heterocycles. The Hall–Kier alpha value is -2.59. The second-order valence-electron chi connectivity index (χ2n) is 4.73. The van der Waals surface area contributed by atoms with E-state index in [2.05, 4.69) is 4.98 Å². The lowest BCUT2D eigenvalue weighted by molar-refractivity contribution is 0.182. The van der Waals surface area contributed by atoms with Gasteiger partial charge in [0.25, 0.3) is 0 Å². The standard InChI is InChI=1S/C17H16N2O2/c1-20-11-12-9-16(18)15-10-14(7-8-17(15)19-12)21-13-5-3-2-4-6-13/h2-10H,11H2,1H3,(H2,18,19). The van der Waals surface area contributed by atoms with E-state index in [1.54, 1.807) is 7.11 Å². The summed E-state index contributed by atoms with van der Waals surface area (Å²) in [4.78, 5) is 4.51. The van der Waals surface area contributed by atoms with E-state index in [-0.39, 0.29) is 0 Å². The molecule has 1 heterocycles. The molecule has 0 fully saturated rings. The third-order valence-electron chi connectivity index (χ3n) is 3.14. The summed E-state index contributed by atoms with van der Waals surface area (Å²) >= 11 is 0. The van der Waals surface area contributed by atoms with Crippen molar-refractivity contribution in [2.45, 2.75) is 6.61 Å². The van der Waals surface area contributed by atoms with Crippen LogP contribution in [0.5, 0.6) is 11.5 Å². The van der Waals surface area contributed by atoms with Gasteiger partial charge in [-0.25, -0.2) is 0 Å². The number of aromatic nitrogens is 1. The number of pyridine rings is 1. The molecule has 2 N–H and O–H groups in total. The fraction of sp³-hybridized carbons (Fsp3) is 0.118. The molecule has 0 amide bonds. The summed E-state index contributed by atoms with van der Waals surface area (Å²) in [5, 5.41) is 0.878. The van der Waals surface area contributed by atoms with Gasteiger partial charge in [-0.15, -0.1) is 0 Å². The van der Waals surface area contributed by atoms with Crippen LogP contribution in [0.15, 0.2) is 54.6 Å². The molecule has 21 heavy (non-hydrogen) atoms. The van der Waals surface area contributed by atoms with Crippen LogP contribution >= 0.6 is 0 Å². The maximum absolute atomic E-state index is 6.10. The van der Waals surface area contributed by atoms with Crippen molar-refractivity contribution in [3.63, 3.8) is 0 Å². The lowest BCUT2D eigenvalue weighted by atomic mass is 10.1. The fourth-order valence-corrected chi connectivity index (χ4v) is 2.20. The van der Waals surface area contributed by atoms with Crippen LogP contribution in [-0.4, -0.2) is 12.1 Å². The maximum atomic E-state index is 6.10.